The molecule has 0 bridgehead atoms. The summed E-state index contributed by atoms with van der Waals surface area (Å²) in [6.07, 6.45) is 3.08. The Morgan fingerprint density at radius 3 is 2.75 bits per heavy atom. The Hall–Kier alpha value is -1.92. The van der Waals surface area contributed by atoms with Gasteiger partial charge < -0.3 is 9.64 Å². The van der Waals surface area contributed by atoms with Crippen LogP contribution in [0.25, 0.3) is 0 Å². The van der Waals surface area contributed by atoms with Crippen molar-refractivity contribution in [2.75, 3.05) is 20.2 Å². The van der Waals surface area contributed by atoms with Crippen molar-refractivity contribution in [2.24, 2.45) is 0 Å². The zero-order valence-electron chi connectivity index (χ0n) is 9.29. The van der Waals surface area contributed by atoms with Crippen molar-refractivity contribution in [3.8, 4) is 0 Å². The highest BCUT2D eigenvalue weighted by atomic mass is 16.5. The smallest absolute Gasteiger partial charge is 0.325 e. The van der Waals surface area contributed by atoms with Gasteiger partial charge in [-0.25, -0.2) is 4.68 Å². The summed E-state index contributed by atoms with van der Waals surface area (Å²) in [5.74, 6) is -0.632. The van der Waals surface area contributed by atoms with Crippen LogP contribution in [-0.4, -0.2) is 52.0 Å². The molecule has 0 atom stereocenters. The predicted octanol–water partition coefficient (Wildman–Crippen LogP) is -0.700. The number of likely N-dealkylation sites (N-methyl/N-ethyl adjacent to an activating group) is 1. The minimum absolute atomic E-state index is 0.0411. The highest BCUT2D eigenvalue weighted by Gasteiger charge is 2.16. The molecule has 1 amide bonds. The van der Waals surface area contributed by atoms with E-state index in [1.807, 2.05) is 0 Å². The van der Waals surface area contributed by atoms with Crippen LogP contribution in [0, 0.1) is 0 Å². The average molecular weight is 226 g/mol. The molecule has 16 heavy (non-hydrogen) atoms. The molecule has 1 aromatic rings. The lowest BCUT2D eigenvalue weighted by Gasteiger charge is -2.18. The van der Waals surface area contributed by atoms with E-state index in [-0.39, 0.29) is 19.0 Å². The van der Waals surface area contributed by atoms with Crippen LogP contribution in [0.3, 0.4) is 0 Å². The van der Waals surface area contributed by atoms with Gasteiger partial charge in [-0.3, -0.25) is 9.59 Å². The van der Waals surface area contributed by atoms with Crippen LogP contribution in [0.5, 0.6) is 0 Å². The first-order chi connectivity index (χ1) is 7.67. The number of aromatic nitrogens is 3. The summed E-state index contributed by atoms with van der Waals surface area (Å²) in [5.41, 5.74) is 0. The zero-order valence-corrected chi connectivity index (χ0v) is 9.29. The second-order valence-electron chi connectivity index (χ2n) is 3.08. The molecular weight excluding hydrogens is 212 g/mol. The lowest BCUT2D eigenvalue weighted by molar-refractivity contribution is -0.147. The Kier molecular flexibility index (Phi) is 4.43. The van der Waals surface area contributed by atoms with Gasteiger partial charge in [0.05, 0.1) is 13.3 Å². The third kappa shape index (κ3) is 3.34. The molecule has 0 aliphatic heterocycles. The van der Waals surface area contributed by atoms with Gasteiger partial charge in [0.25, 0.3) is 0 Å². The van der Waals surface area contributed by atoms with Crippen molar-refractivity contribution in [1.82, 2.24) is 19.9 Å². The van der Waals surface area contributed by atoms with E-state index in [0.717, 1.165) is 0 Å². The van der Waals surface area contributed by atoms with Gasteiger partial charge in [0.15, 0.2) is 0 Å². The van der Waals surface area contributed by atoms with Crippen LogP contribution < -0.4 is 0 Å². The summed E-state index contributed by atoms with van der Waals surface area (Å²) < 4.78 is 5.91. The van der Waals surface area contributed by atoms with Crippen molar-refractivity contribution in [3.63, 3.8) is 0 Å². The van der Waals surface area contributed by atoms with Gasteiger partial charge in [-0.15, -0.1) is 5.10 Å². The van der Waals surface area contributed by atoms with Crippen LogP contribution in [0.2, 0.25) is 0 Å². The fraction of sp³-hybridized carbons (Fsp3) is 0.556. The van der Waals surface area contributed by atoms with Crippen LogP contribution in [0.1, 0.15) is 6.92 Å². The number of ether oxygens (including phenoxy) is 1. The Balaban J connectivity index is 2.52. The van der Waals surface area contributed by atoms with E-state index in [4.69, 9.17) is 0 Å². The van der Waals surface area contributed by atoms with Gasteiger partial charge in [0, 0.05) is 12.7 Å². The first-order valence-corrected chi connectivity index (χ1v) is 4.86. The first-order valence-electron chi connectivity index (χ1n) is 4.86. The number of carbonyl (C=O) groups is 2. The number of hydrogen-bond donors (Lipinski definition) is 0. The van der Waals surface area contributed by atoms with E-state index < -0.39 is 5.97 Å². The van der Waals surface area contributed by atoms with E-state index in [9.17, 15) is 9.59 Å². The van der Waals surface area contributed by atoms with Crippen molar-refractivity contribution in [2.45, 2.75) is 13.5 Å². The van der Waals surface area contributed by atoms with Crippen LogP contribution in [0.15, 0.2) is 12.4 Å². The molecule has 0 spiro atoms. The topological polar surface area (TPSA) is 77.3 Å². The lowest BCUT2D eigenvalue weighted by Crippen LogP contribution is -2.38. The average Bonchev–Trinajstić information content (AvgIpc) is 2.77. The van der Waals surface area contributed by atoms with Crippen LogP contribution in [0.4, 0.5) is 0 Å². The molecule has 7 heteroatoms. The van der Waals surface area contributed by atoms with E-state index in [1.165, 1.54) is 22.9 Å². The summed E-state index contributed by atoms with van der Waals surface area (Å²) in [7, 11) is 1.29. The summed E-state index contributed by atoms with van der Waals surface area (Å²) in [6, 6.07) is 0. The number of amides is 1. The summed E-state index contributed by atoms with van der Waals surface area (Å²) in [5, 5.41) is 7.26. The molecule has 0 aliphatic rings. The molecule has 0 fully saturated rings. The van der Waals surface area contributed by atoms with Gasteiger partial charge >= 0.3 is 5.97 Å². The number of esters is 1. The third-order valence-corrected chi connectivity index (χ3v) is 2.05. The van der Waals surface area contributed by atoms with Gasteiger partial charge in [0.1, 0.15) is 13.1 Å². The maximum atomic E-state index is 11.7. The highest BCUT2D eigenvalue weighted by molar-refractivity contribution is 5.81. The second-order valence-corrected chi connectivity index (χ2v) is 3.08. The molecule has 0 aliphatic carbocycles. The quantitative estimate of drug-likeness (QED) is 0.620. The fourth-order valence-electron chi connectivity index (χ4n) is 1.15. The van der Waals surface area contributed by atoms with Crippen molar-refractivity contribution in [3.05, 3.63) is 12.4 Å². The molecule has 1 rings (SSSR count). The number of carbonyl (C=O) groups excluding carboxylic acids is 2. The Morgan fingerprint density at radius 2 is 2.25 bits per heavy atom. The maximum absolute atomic E-state index is 11.7. The van der Waals surface area contributed by atoms with Gasteiger partial charge in [-0.2, -0.15) is 0 Å². The molecule has 0 saturated heterocycles. The monoisotopic (exact) mass is 226 g/mol. The molecule has 88 valence electrons. The SMILES string of the molecule is CCN(CC(=O)OC)C(=O)Cn1ccnn1. The van der Waals surface area contributed by atoms with E-state index in [2.05, 4.69) is 15.0 Å². The second kappa shape index (κ2) is 5.84. The summed E-state index contributed by atoms with van der Waals surface area (Å²) in [6.45, 7) is 2.27. The highest BCUT2D eigenvalue weighted by Crippen LogP contribution is 1.94. The molecule has 0 unspecified atom stereocenters. The fourth-order valence-corrected chi connectivity index (χ4v) is 1.15. The first kappa shape index (κ1) is 12.2. The van der Waals surface area contributed by atoms with Crippen molar-refractivity contribution in [1.29, 1.82) is 0 Å². The van der Waals surface area contributed by atoms with Crippen molar-refractivity contribution >= 4 is 11.9 Å². The lowest BCUT2D eigenvalue weighted by atomic mass is 10.4. The number of methoxy groups -OCH3 is 1. The molecule has 7 nitrogen and oxygen atoms in total. The minimum atomic E-state index is -0.436. The zero-order chi connectivity index (χ0) is 12.0. The molecule has 0 N–H and O–H groups in total. The number of nitrogens with zero attached hydrogens (tertiary/aromatic N) is 4. The number of rotatable bonds is 5. The van der Waals surface area contributed by atoms with E-state index in [1.54, 1.807) is 13.1 Å². The summed E-state index contributed by atoms with van der Waals surface area (Å²) in [4.78, 5) is 24.2. The molecular formula is C9H14N4O3. The maximum Gasteiger partial charge on any atom is 0.325 e. The Morgan fingerprint density at radius 1 is 1.50 bits per heavy atom. The number of hydrogen-bond acceptors (Lipinski definition) is 5. The van der Waals surface area contributed by atoms with E-state index >= 15 is 0 Å². The summed E-state index contributed by atoms with van der Waals surface area (Å²) >= 11 is 0. The van der Waals surface area contributed by atoms with Crippen LogP contribution in [-0.2, 0) is 20.9 Å². The normalized spacial score (nSPS) is 9.88. The van der Waals surface area contributed by atoms with Gasteiger partial charge in [-0.1, -0.05) is 5.21 Å². The molecule has 0 radical (unpaired) electrons. The van der Waals surface area contributed by atoms with Gasteiger partial charge in [-0.05, 0) is 6.92 Å². The van der Waals surface area contributed by atoms with Gasteiger partial charge in [0.2, 0.25) is 5.91 Å². The molecule has 0 saturated carbocycles. The standard InChI is InChI=1S/C9H14N4O3/c1-3-12(7-9(15)16-2)8(14)6-13-5-4-10-11-13/h4-5H,3,6-7H2,1-2H3. The minimum Gasteiger partial charge on any atom is -0.468 e. The molecule has 1 heterocycles. The van der Waals surface area contributed by atoms with Crippen molar-refractivity contribution < 1.29 is 14.3 Å². The van der Waals surface area contributed by atoms with Crippen LogP contribution >= 0.6 is 0 Å². The Labute approximate surface area is 93.0 Å². The van der Waals surface area contributed by atoms with E-state index in [0.29, 0.717) is 6.54 Å². The largest absolute Gasteiger partial charge is 0.468 e. The molecule has 0 aromatic carbocycles. The third-order valence-electron chi connectivity index (χ3n) is 2.05. The predicted molar refractivity (Wildman–Crippen MR) is 54.3 cm³/mol. The molecule has 1 aromatic heterocycles. The Bertz CT molecular complexity index is 350.